The number of hydrogen-bond donors (Lipinski definition) is 1. The van der Waals surface area contributed by atoms with Gasteiger partial charge in [-0.05, 0) is 18.8 Å². The first-order chi connectivity index (χ1) is 18.0. The highest BCUT2D eigenvalue weighted by Crippen LogP contribution is 2.21. The summed E-state index contributed by atoms with van der Waals surface area (Å²) >= 11 is 0. The van der Waals surface area contributed by atoms with Crippen LogP contribution in [-0.4, -0.2) is 19.6 Å². The molecule has 0 aliphatic rings. The first-order valence-corrected chi connectivity index (χ1v) is 18.0. The second-order valence-corrected chi connectivity index (χ2v) is 12.7. The van der Waals surface area contributed by atoms with Crippen molar-refractivity contribution >= 4 is 10.4 Å². The Morgan fingerprint density at radius 3 is 0.946 bits per heavy atom. The molecule has 0 saturated carbocycles. The third-order valence-electron chi connectivity index (χ3n) is 7.88. The standard InChI is InChI=1S/C32H66O4S/c1-3-5-7-9-11-13-15-16-17-18-19-20-22-24-26-28-30-32(31-36-37(33,34)35)29-27-25-23-21-14-12-10-8-6-4-2/h32H,3-31H2,1-2H3,(H,33,34,35). The maximum Gasteiger partial charge on any atom is 0.397 e. The van der Waals surface area contributed by atoms with Gasteiger partial charge in [-0.3, -0.25) is 4.55 Å². The van der Waals surface area contributed by atoms with E-state index in [1.54, 1.807) is 0 Å². The zero-order valence-corrected chi connectivity index (χ0v) is 26.0. The van der Waals surface area contributed by atoms with Crippen LogP contribution in [0.25, 0.3) is 0 Å². The largest absolute Gasteiger partial charge is 0.397 e. The normalized spacial score (nSPS) is 12.8. The molecule has 0 heterocycles. The quantitative estimate of drug-likeness (QED) is 0.0693. The first-order valence-electron chi connectivity index (χ1n) is 16.6. The van der Waals surface area contributed by atoms with Gasteiger partial charge in [0, 0.05) is 0 Å². The highest BCUT2D eigenvalue weighted by molar-refractivity contribution is 7.80. The van der Waals surface area contributed by atoms with Crippen LogP contribution in [0.5, 0.6) is 0 Å². The van der Waals surface area contributed by atoms with Crippen molar-refractivity contribution in [1.29, 1.82) is 0 Å². The molecule has 0 aromatic rings. The molecule has 0 rings (SSSR count). The predicted molar refractivity (Wildman–Crippen MR) is 162 cm³/mol. The molecule has 0 radical (unpaired) electrons. The number of hydrogen-bond acceptors (Lipinski definition) is 3. The van der Waals surface area contributed by atoms with E-state index in [9.17, 15) is 8.42 Å². The fraction of sp³-hybridized carbons (Fsp3) is 1.00. The molecule has 0 spiro atoms. The summed E-state index contributed by atoms with van der Waals surface area (Å²) < 4.78 is 35.8. The zero-order valence-electron chi connectivity index (χ0n) is 25.2. The maximum absolute atomic E-state index is 11.0. The minimum absolute atomic E-state index is 0.134. The molecule has 0 saturated heterocycles. The van der Waals surface area contributed by atoms with Crippen LogP contribution < -0.4 is 0 Å². The van der Waals surface area contributed by atoms with Crippen LogP contribution in [-0.2, 0) is 14.6 Å². The van der Waals surface area contributed by atoms with Crippen LogP contribution in [0, 0.1) is 5.92 Å². The Hall–Kier alpha value is -0.130. The van der Waals surface area contributed by atoms with Crippen LogP contribution in [0.1, 0.15) is 194 Å². The summed E-state index contributed by atoms with van der Waals surface area (Å²) in [4.78, 5) is 0. The molecule has 4 nitrogen and oxygen atoms in total. The van der Waals surface area contributed by atoms with Gasteiger partial charge in [0.15, 0.2) is 0 Å². The summed E-state index contributed by atoms with van der Waals surface area (Å²) in [5, 5.41) is 0. The van der Waals surface area contributed by atoms with Crippen molar-refractivity contribution in [2.75, 3.05) is 6.61 Å². The smallest absolute Gasteiger partial charge is 0.264 e. The highest BCUT2D eigenvalue weighted by Gasteiger charge is 2.13. The van der Waals surface area contributed by atoms with Crippen LogP contribution in [0.4, 0.5) is 0 Å². The van der Waals surface area contributed by atoms with E-state index < -0.39 is 10.4 Å². The lowest BCUT2D eigenvalue weighted by Crippen LogP contribution is -2.14. The molecule has 1 unspecified atom stereocenters. The van der Waals surface area contributed by atoms with Crippen LogP contribution >= 0.6 is 0 Å². The van der Waals surface area contributed by atoms with Crippen LogP contribution in [0.15, 0.2) is 0 Å². The van der Waals surface area contributed by atoms with Gasteiger partial charge in [-0.15, -0.1) is 0 Å². The third-order valence-corrected chi connectivity index (χ3v) is 8.32. The molecular weight excluding hydrogens is 480 g/mol. The van der Waals surface area contributed by atoms with E-state index in [1.807, 2.05) is 0 Å². The van der Waals surface area contributed by atoms with E-state index in [2.05, 4.69) is 13.8 Å². The van der Waals surface area contributed by atoms with Gasteiger partial charge >= 0.3 is 10.4 Å². The summed E-state index contributed by atoms with van der Waals surface area (Å²) in [6.45, 7) is 4.67. The summed E-state index contributed by atoms with van der Waals surface area (Å²) in [7, 11) is -4.33. The Kier molecular flexibility index (Phi) is 28.8. The fourth-order valence-corrected chi connectivity index (χ4v) is 5.76. The van der Waals surface area contributed by atoms with Gasteiger partial charge < -0.3 is 0 Å². The molecule has 1 atom stereocenters. The zero-order chi connectivity index (χ0) is 27.3. The lowest BCUT2D eigenvalue weighted by Gasteiger charge is -2.16. The van der Waals surface area contributed by atoms with Crippen molar-refractivity contribution in [3.63, 3.8) is 0 Å². The maximum atomic E-state index is 11.0. The Balaban J connectivity index is 3.67. The SMILES string of the molecule is CCCCCCCCCCCCCCCCCCC(CCCCCCCCCCCC)COS(=O)(=O)O. The van der Waals surface area contributed by atoms with Crippen molar-refractivity contribution in [1.82, 2.24) is 0 Å². The fourth-order valence-electron chi connectivity index (χ4n) is 5.39. The summed E-state index contributed by atoms with van der Waals surface area (Å²) in [5.41, 5.74) is 0. The molecule has 0 aliphatic heterocycles. The van der Waals surface area contributed by atoms with Gasteiger partial charge in [-0.25, -0.2) is 4.18 Å². The molecule has 5 heteroatoms. The Bertz CT molecular complexity index is 535. The Morgan fingerprint density at radius 1 is 0.459 bits per heavy atom. The van der Waals surface area contributed by atoms with Crippen LogP contribution in [0.2, 0.25) is 0 Å². The van der Waals surface area contributed by atoms with E-state index in [1.165, 1.54) is 154 Å². The van der Waals surface area contributed by atoms with Gasteiger partial charge in [0.1, 0.15) is 0 Å². The monoisotopic (exact) mass is 546 g/mol. The molecule has 0 aromatic carbocycles. The molecule has 0 fully saturated rings. The van der Waals surface area contributed by atoms with Gasteiger partial charge in [-0.1, -0.05) is 181 Å². The van der Waals surface area contributed by atoms with E-state index in [4.69, 9.17) is 8.74 Å². The molecule has 0 aromatic heterocycles. The molecule has 0 bridgehead atoms. The summed E-state index contributed by atoms with van der Waals surface area (Å²) in [6.07, 6.45) is 36.9. The summed E-state index contributed by atoms with van der Waals surface area (Å²) in [6, 6.07) is 0. The van der Waals surface area contributed by atoms with Gasteiger partial charge in [0.2, 0.25) is 0 Å². The lowest BCUT2D eigenvalue weighted by atomic mass is 9.94. The van der Waals surface area contributed by atoms with E-state index in [0.29, 0.717) is 0 Å². The van der Waals surface area contributed by atoms with E-state index in [-0.39, 0.29) is 12.5 Å². The average molecular weight is 547 g/mol. The second-order valence-electron chi connectivity index (χ2n) is 11.6. The van der Waals surface area contributed by atoms with Crippen molar-refractivity contribution in [2.24, 2.45) is 5.92 Å². The highest BCUT2D eigenvalue weighted by atomic mass is 32.3. The number of unbranched alkanes of at least 4 members (excludes halogenated alkanes) is 24. The number of rotatable bonds is 31. The third kappa shape index (κ3) is 32.0. The van der Waals surface area contributed by atoms with Crippen molar-refractivity contribution in [2.45, 2.75) is 194 Å². The molecular formula is C32H66O4S. The van der Waals surface area contributed by atoms with Crippen molar-refractivity contribution < 1.29 is 17.2 Å². The van der Waals surface area contributed by atoms with Gasteiger partial charge in [-0.2, -0.15) is 8.42 Å². The molecule has 0 amide bonds. The molecule has 0 aliphatic carbocycles. The van der Waals surface area contributed by atoms with Crippen molar-refractivity contribution in [3.8, 4) is 0 Å². The second kappa shape index (κ2) is 28.9. The Morgan fingerprint density at radius 2 is 0.703 bits per heavy atom. The predicted octanol–water partition coefficient (Wildman–Crippen LogP) is 11.4. The average Bonchev–Trinajstić information content (AvgIpc) is 2.87. The minimum Gasteiger partial charge on any atom is -0.264 e. The lowest BCUT2D eigenvalue weighted by molar-refractivity contribution is 0.204. The van der Waals surface area contributed by atoms with Gasteiger partial charge in [0.25, 0.3) is 0 Å². The van der Waals surface area contributed by atoms with E-state index >= 15 is 0 Å². The first kappa shape index (κ1) is 36.9. The minimum atomic E-state index is -4.33. The van der Waals surface area contributed by atoms with Crippen molar-refractivity contribution in [3.05, 3.63) is 0 Å². The molecule has 224 valence electrons. The van der Waals surface area contributed by atoms with E-state index in [0.717, 1.165) is 25.7 Å². The molecule has 37 heavy (non-hydrogen) atoms. The van der Waals surface area contributed by atoms with Crippen LogP contribution in [0.3, 0.4) is 0 Å². The Labute approximate surface area is 233 Å². The van der Waals surface area contributed by atoms with Gasteiger partial charge in [0.05, 0.1) is 6.61 Å². The summed E-state index contributed by atoms with van der Waals surface area (Å²) in [5.74, 6) is 0.239. The molecule has 1 N–H and O–H groups in total. The topological polar surface area (TPSA) is 63.6 Å².